The van der Waals surface area contributed by atoms with Crippen LogP contribution in [0.5, 0.6) is 0 Å². The predicted molar refractivity (Wildman–Crippen MR) is 69.0 cm³/mol. The fourth-order valence-corrected chi connectivity index (χ4v) is 1.86. The zero-order chi connectivity index (χ0) is 12.3. The topological polar surface area (TPSA) is 86.7 Å². The Morgan fingerprint density at radius 2 is 2.12 bits per heavy atom. The Balaban J connectivity index is 2.14. The summed E-state index contributed by atoms with van der Waals surface area (Å²) in [5.74, 6) is 0. The van der Waals surface area contributed by atoms with Gasteiger partial charge in [-0.05, 0) is 44.1 Å². The van der Waals surface area contributed by atoms with Crippen LogP contribution in [-0.2, 0) is 0 Å². The molecule has 0 saturated heterocycles. The molecule has 0 radical (unpaired) electrons. The minimum Gasteiger partial charge on any atom is -0.330 e. The summed E-state index contributed by atoms with van der Waals surface area (Å²) < 4.78 is 0. The largest absolute Gasteiger partial charge is 0.330 e. The van der Waals surface area contributed by atoms with Gasteiger partial charge in [-0.2, -0.15) is 0 Å². The zero-order valence-electron chi connectivity index (χ0n) is 9.92. The number of nitrogens with one attached hydrogen (secondary N) is 3. The third-order valence-electron chi connectivity index (χ3n) is 2.87. The summed E-state index contributed by atoms with van der Waals surface area (Å²) in [6.45, 7) is 3.70. The molecule has 0 aliphatic carbocycles. The quantitative estimate of drug-likeness (QED) is 0.579. The maximum atomic E-state index is 11.1. The standard InChI is InChI=1S/C12H18N4O/c1-8(14-6-2-5-13)9-3-4-10-11(7-9)16-12(17)15-10/h3-4,7-8,14H,2,5-6,13H2,1H3,(H2,15,16,17). The summed E-state index contributed by atoms with van der Waals surface area (Å²) in [6.07, 6.45) is 0.966. The number of hydrogen-bond acceptors (Lipinski definition) is 3. The van der Waals surface area contributed by atoms with Gasteiger partial charge in [-0.1, -0.05) is 6.07 Å². The summed E-state index contributed by atoms with van der Waals surface area (Å²) in [7, 11) is 0. The van der Waals surface area contributed by atoms with Gasteiger partial charge in [-0.15, -0.1) is 0 Å². The number of H-pyrrole nitrogens is 2. The monoisotopic (exact) mass is 234 g/mol. The van der Waals surface area contributed by atoms with Gasteiger partial charge in [0, 0.05) is 6.04 Å². The molecule has 0 amide bonds. The molecule has 0 fully saturated rings. The molecule has 5 N–H and O–H groups in total. The van der Waals surface area contributed by atoms with E-state index in [0.717, 1.165) is 29.6 Å². The molecule has 5 heteroatoms. The van der Waals surface area contributed by atoms with E-state index < -0.39 is 0 Å². The van der Waals surface area contributed by atoms with E-state index in [0.29, 0.717) is 6.54 Å². The Morgan fingerprint density at radius 1 is 1.35 bits per heavy atom. The molecule has 0 aliphatic rings. The second-order valence-corrected chi connectivity index (χ2v) is 4.20. The van der Waals surface area contributed by atoms with Crippen molar-refractivity contribution < 1.29 is 0 Å². The van der Waals surface area contributed by atoms with E-state index in [-0.39, 0.29) is 11.7 Å². The normalized spacial score (nSPS) is 13.1. The Bertz CT molecular complexity index is 543. The Kier molecular flexibility index (Phi) is 3.61. The van der Waals surface area contributed by atoms with Gasteiger partial charge < -0.3 is 21.0 Å². The maximum Gasteiger partial charge on any atom is 0.323 e. The second kappa shape index (κ2) is 5.16. The number of rotatable bonds is 5. The lowest BCUT2D eigenvalue weighted by molar-refractivity contribution is 0.562. The lowest BCUT2D eigenvalue weighted by Gasteiger charge is -2.13. The van der Waals surface area contributed by atoms with E-state index >= 15 is 0 Å². The van der Waals surface area contributed by atoms with Crippen LogP contribution in [0, 0.1) is 0 Å². The van der Waals surface area contributed by atoms with Crippen molar-refractivity contribution in [2.75, 3.05) is 13.1 Å². The first kappa shape index (κ1) is 11.9. The van der Waals surface area contributed by atoms with E-state index in [4.69, 9.17) is 5.73 Å². The van der Waals surface area contributed by atoms with Gasteiger partial charge in [0.25, 0.3) is 0 Å². The zero-order valence-corrected chi connectivity index (χ0v) is 9.92. The van der Waals surface area contributed by atoms with E-state index in [1.165, 1.54) is 0 Å². The molecule has 92 valence electrons. The minimum atomic E-state index is -0.166. The van der Waals surface area contributed by atoms with Crippen molar-refractivity contribution in [3.8, 4) is 0 Å². The van der Waals surface area contributed by atoms with Gasteiger partial charge in [-0.3, -0.25) is 0 Å². The van der Waals surface area contributed by atoms with Crippen molar-refractivity contribution in [3.05, 3.63) is 34.2 Å². The number of hydrogen-bond donors (Lipinski definition) is 4. The molecule has 1 aromatic carbocycles. The third-order valence-corrected chi connectivity index (χ3v) is 2.87. The van der Waals surface area contributed by atoms with E-state index in [1.54, 1.807) is 0 Å². The molecule has 0 saturated carbocycles. The fraction of sp³-hybridized carbons (Fsp3) is 0.417. The molecule has 2 rings (SSSR count). The summed E-state index contributed by atoms with van der Waals surface area (Å²) >= 11 is 0. The van der Waals surface area contributed by atoms with Crippen LogP contribution in [0.1, 0.15) is 24.9 Å². The van der Waals surface area contributed by atoms with E-state index in [1.807, 2.05) is 18.2 Å². The van der Waals surface area contributed by atoms with Crippen LogP contribution < -0.4 is 16.7 Å². The predicted octanol–water partition coefficient (Wildman–Crippen LogP) is 0.856. The van der Waals surface area contributed by atoms with Crippen LogP contribution in [0.15, 0.2) is 23.0 Å². The first-order valence-electron chi connectivity index (χ1n) is 5.86. The Hall–Kier alpha value is -1.59. The van der Waals surface area contributed by atoms with Crippen molar-refractivity contribution in [2.24, 2.45) is 5.73 Å². The Labute approximate surface area is 99.4 Å². The van der Waals surface area contributed by atoms with Gasteiger partial charge in [0.1, 0.15) is 0 Å². The molecule has 0 spiro atoms. The number of aromatic nitrogens is 2. The molecule has 17 heavy (non-hydrogen) atoms. The molecule has 1 heterocycles. The molecular weight excluding hydrogens is 216 g/mol. The molecule has 0 bridgehead atoms. The van der Waals surface area contributed by atoms with Crippen molar-refractivity contribution in [1.82, 2.24) is 15.3 Å². The van der Waals surface area contributed by atoms with Gasteiger partial charge in [0.05, 0.1) is 11.0 Å². The van der Waals surface area contributed by atoms with Crippen LogP contribution in [0.4, 0.5) is 0 Å². The molecule has 1 aromatic heterocycles. The fourth-order valence-electron chi connectivity index (χ4n) is 1.86. The highest BCUT2D eigenvalue weighted by molar-refractivity contribution is 5.75. The second-order valence-electron chi connectivity index (χ2n) is 4.20. The summed E-state index contributed by atoms with van der Waals surface area (Å²) in [6, 6.07) is 6.19. The van der Waals surface area contributed by atoms with Gasteiger partial charge in [0.15, 0.2) is 0 Å². The van der Waals surface area contributed by atoms with Crippen molar-refractivity contribution in [3.63, 3.8) is 0 Å². The minimum absolute atomic E-state index is 0.166. The maximum absolute atomic E-state index is 11.1. The van der Waals surface area contributed by atoms with Crippen LogP contribution in [0.25, 0.3) is 11.0 Å². The molecule has 5 nitrogen and oxygen atoms in total. The number of fused-ring (bicyclic) bond motifs is 1. The molecule has 2 aromatic rings. The van der Waals surface area contributed by atoms with Crippen LogP contribution in [0.2, 0.25) is 0 Å². The smallest absolute Gasteiger partial charge is 0.323 e. The molecule has 1 atom stereocenters. The highest BCUT2D eigenvalue weighted by Gasteiger charge is 2.06. The van der Waals surface area contributed by atoms with Crippen molar-refractivity contribution in [2.45, 2.75) is 19.4 Å². The van der Waals surface area contributed by atoms with Gasteiger partial charge >= 0.3 is 5.69 Å². The molecule has 1 unspecified atom stereocenters. The van der Waals surface area contributed by atoms with E-state index in [2.05, 4.69) is 22.2 Å². The summed E-state index contributed by atoms with van der Waals surface area (Å²) in [4.78, 5) is 16.6. The van der Waals surface area contributed by atoms with Gasteiger partial charge in [-0.25, -0.2) is 4.79 Å². The van der Waals surface area contributed by atoms with Crippen LogP contribution in [-0.4, -0.2) is 23.1 Å². The third kappa shape index (κ3) is 2.75. The summed E-state index contributed by atoms with van der Waals surface area (Å²) in [5, 5.41) is 3.39. The first-order chi connectivity index (χ1) is 8.20. The average Bonchev–Trinajstić information content (AvgIpc) is 2.68. The number of aromatic amines is 2. The number of imidazole rings is 1. The number of nitrogens with two attached hydrogens (primary N) is 1. The number of benzene rings is 1. The molecule has 0 aliphatic heterocycles. The van der Waals surface area contributed by atoms with Crippen molar-refractivity contribution in [1.29, 1.82) is 0 Å². The average molecular weight is 234 g/mol. The van der Waals surface area contributed by atoms with E-state index in [9.17, 15) is 4.79 Å². The lowest BCUT2D eigenvalue weighted by Crippen LogP contribution is -2.21. The highest BCUT2D eigenvalue weighted by Crippen LogP contribution is 2.16. The molecular formula is C12H18N4O. The lowest BCUT2D eigenvalue weighted by atomic mass is 10.1. The SMILES string of the molecule is CC(NCCCN)c1ccc2[nH]c(=O)[nH]c2c1. The summed E-state index contributed by atoms with van der Waals surface area (Å²) in [5.41, 5.74) is 8.13. The highest BCUT2D eigenvalue weighted by atomic mass is 16.1. The Morgan fingerprint density at radius 3 is 2.88 bits per heavy atom. The first-order valence-corrected chi connectivity index (χ1v) is 5.86. The van der Waals surface area contributed by atoms with Gasteiger partial charge in [0.2, 0.25) is 0 Å². The van der Waals surface area contributed by atoms with Crippen LogP contribution >= 0.6 is 0 Å². The van der Waals surface area contributed by atoms with Crippen molar-refractivity contribution >= 4 is 11.0 Å². The van der Waals surface area contributed by atoms with Crippen LogP contribution in [0.3, 0.4) is 0 Å².